The molecule has 0 aliphatic rings. The van der Waals surface area contributed by atoms with E-state index in [4.69, 9.17) is 15.0 Å². The monoisotopic (exact) mass is 335 g/mol. The summed E-state index contributed by atoms with van der Waals surface area (Å²) in [4.78, 5) is 14.4. The number of aromatic nitrogens is 1. The zero-order valence-corrected chi connectivity index (χ0v) is 16.7. The van der Waals surface area contributed by atoms with Crippen LogP contribution in [0.2, 0.25) is 0 Å². The lowest BCUT2D eigenvalue weighted by Gasteiger charge is -2.15. The fraction of sp³-hybridized carbons (Fsp3) is 0.409. The second kappa shape index (κ2) is 7.30. The zero-order valence-electron chi connectivity index (χ0n) is 16.7. The molecule has 1 heterocycles. The Kier molecular flexibility index (Phi) is 5.56. The average Bonchev–Trinajstić information content (AvgIpc) is 2.48. The fourth-order valence-corrected chi connectivity index (χ4v) is 2.81. The maximum absolute atomic E-state index is 4.86. The smallest absolute Gasteiger partial charge is 0.0852 e. The summed E-state index contributed by atoms with van der Waals surface area (Å²) in [6.07, 6.45) is 0. The maximum Gasteiger partial charge on any atom is 0.0852 e. The van der Waals surface area contributed by atoms with Crippen molar-refractivity contribution in [1.82, 2.24) is 4.98 Å². The highest BCUT2D eigenvalue weighted by molar-refractivity contribution is 6.02. The van der Waals surface area contributed by atoms with Gasteiger partial charge < -0.3 is 0 Å². The topological polar surface area (TPSA) is 37.6 Å². The molecule has 0 aliphatic heterocycles. The number of aryl methyl sites for hydroxylation is 3. The Morgan fingerprint density at radius 2 is 1.40 bits per heavy atom. The zero-order chi connectivity index (χ0) is 18.8. The van der Waals surface area contributed by atoms with Crippen molar-refractivity contribution < 1.29 is 0 Å². The normalized spacial score (nSPS) is 13.3. The third-order valence-corrected chi connectivity index (χ3v) is 3.93. The summed E-state index contributed by atoms with van der Waals surface area (Å²) in [6.45, 7) is 16.6. The van der Waals surface area contributed by atoms with Gasteiger partial charge in [0.2, 0.25) is 0 Å². The van der Waals surface area contributed by atoms with Crippen LogP contribution < -0.4 is 0 Å². The Morgan fingerprint density at radius 1 is 0.880 bits per heavy atom. The van der Waals surface area contributed by atoms with Crippen LogP contribution in [-0.4, -0.2) is 21.9 Å². The van der Waals surface area contributed by atoms with Gasteiger partial charge in [0.15, 0.2) is 0 Å². The van der Waals surface area contributed by atoms with Gasteiger partial charge in [-0.05, 0) is 84.2 Å². The number of para-hydroxylation sites is 1. The van der Waals surface area contributed by atoms with Crippen LogP contribution in [0.3, 0.4) is 0 Å². The Morgan fingerprint density at radius 3 is 1.92 bits per heavy atom. The molecule has 2 rings (SSSR count). The number of aliphatic imine (C=N–C) groups is 2. The summed E-state index contributed by atoms with van der Waals surface area (Å²) in [7, 11) is 0. The molecule has 0 unspecified atom stereocenters. The van der Waals surface area contributed by atoms with E-state index in [1.165, 1.54) is 16.7 Å². The van der Waals surface area contributed by atoms with Gasteiger partial charge in [0, 0.05) is 0 Å². The van der Waals surface area contributed by atoms with Crippen LogP contribution in [0.15, 0.2) is 40.3 Å². The predicted molar refractivity (Wildman–Crippen MR) is 109 cm³/mol. The Hall–Kier alpha value is -2.29. The summed E-state index contributed by atoms with van der Waals surface area (Å²) in [6, 6.07) is 10.4. The molecule has 0 saturated heterocycles. The van der Waals surface area contributed by atoms with Crippen LogP contribution in [0, 0.1) is 20.8 Å². The first kappa shape index (κ1) is 19.0. The van der Waals surface area contributed by atoms with Crippen molar-refractivity contribution in [3.8, 4) is 0 Å². The van der Waals surface area contributed by atoms with Crippen LogP contribution >= 0.6 is 0 Å². The van der Waals surface area contributed by atoms with Gasteiger partial charge in [0.1, 0.15) is 0 Å². The Bertz CT molecular complexity index is 817. The van der Waals surface area contributed by atoms with Gasteiger partial charge in [0.05, 0.1) is 34.0 Å². The minimum atomic E-state index is -0.114. The maximum atomic E-state index is 4.86. The van der Waals surface area contributed by atoms with Crippen LogP contribution in [-0.2, 0) is 0 Å². The number of rotatable bonds is 3. The van der Waals surface area contributed by atoms with E-state index >= 15 is 0 Å². The fourth-order valence-electron chi connectivity index (χ4n) is 2.81. The molecule has 3 heteroatoms. The summed E-state index contributed by atoms with van der Waals surface area (Å²) < 4.78 is 0. The first-order valence-corrected chi connectivity index (χ1v) is 8.74. The number of pyridine rings is 1. The molecular weight excluding hydrogens is 306 g/mol. The van der Waals surface area contributed by atoms with Gasteiger partial charge in [-0.2, -0.15) is 0 Å². The molecule has 0 fully saturated rings. The lowest BCUT2D eigenvalue weighted by Crippen LogP contribution is -2.15. The van der Waals surface area contributed by atoms with Crippen molar-refractivity contribution in [1.29, 1.82) is 0 Å². The molecule has 0 spiro atoms. The number of hydrogen-bond donors (Lipinski definition) is 0. The van der Waals surface area contributed by atoms with E-state index in [1.54, 1.807) is 0 Å². The Balaban J connectivity index is 2.50. The Labute approximate surface area is 152 Å². The van der Waals surface area contributed by atoms with Crippen molar-refractivity contribution >= 4 is 17.1 Å². The van der Waals surface area contributed by atoms with Gasteiger partial charge in [-0.3, -0.25) is 9.98 Å². The number of hydrogen-bond acceptors (Lipinski definition) is 3. The third-order valence-electron chi connectivity index (χ3n) is 3.93. The molecule has 0 saturated carbocycles. The number of nitrogens with zero attached hydrogens (tertiary/aromatic N) is 3. The molecule has 2 aromatic rings. The van der Waals surface area contributed by atoms with E-state index < -0.39 is 0 Å². The summed E-state index contributed by atoms with van der Waals surface area (Å²) in [5, 5.41) is 0. The molecule has 1 aromatic heterocycles. The van der Waals surface area contributed by atoms with Crippen molar-refractivity contribution in [2.75, 3.05) is 0 Å². The van der Waals surface area contributed by atoms with Gasteiger partial charge in [-0.1, -0.05) is 18.2 Å². The van der Waals surface area contributed by atoms with E-state index in [2.05, 4.69) is 71.9 Å². The molecule has 1 aromatic carbocycles. The summed E-state index contributed by atoms with van der Waals surface area (Å²) in [5.74, 6) is 0. The second-order valence-electron chi connectivity index (χ2n) is 7.72. The van der Waals surface area contributed by atoms with E-state index in [1.807, 2.05) is 13.8 Å². The van der Waals surface area contributed by atoms with Gasteiger partial charge in [-0.25, -0.2) is 4.98 Å². The summed E-state index contributed by atoms with van der Waals surface area (Å²) >= 11 is 0. The van der Waals surface area contributed by atoms with Crippen molar-refractivity contribution in [3.05, 3.63) is 58.4 Å². The molecular formula is C22H29N3. The van der Waals surface area contributed by atoms with E-state index in [0.717, 1.165) is 28.5 Å². The molecule has 0 radical (unpaired) electrons. The van der Waals surface area contributed by atoms with Crippen molar-refractivity contribution in [2.24, 2.45) is 9.98 Å². The lowest BCUT2D eigenvalue weighted by atomic mass is 10.1. The largest absolute Gasteiger partial charge is 0.282 e. The average molecular weight is 335 g/mol. The minimum Gasteiger partial charge on any atom is -0.282 e. The molecule has 0 aliphatic carbocycles. The van der Waals surface area contributed by atoms with E-state index in [9.17, 15) is 0 Å². The molecule has 25 heavy (non-hydrogen) atoms. The highest BCUT2D eigenvalue weighted by Crippen LogP contribution is 2.24. The molecule has 0 amide bonds. The van der Waals surface area contributed by atoms with Crippen LogP contribution in [0.25, 0.3) is 0 Å². The van der Waals surface area contributed by atoms with Gasteiger partial charge >= 0.3 is 0 Å². The molecule has 3 nitrogen and oxygen atoms in total. The van der Waals surface area contributed by atoms with Crippen molar-refractivity contribution in [3.63, 3.8) is 0 Å². The first-order valence-electron chi connectivity index (χ1n) is 8.74. The first-order chi connectivity index (χ1) is 11.6. The summed E-state index contributed by atoms with van der Waals surface area (Å²) in [5.41, 5.74) is 8.14. The lowest BCUT2D eigenvalue weighted by molar-refractivity contribution is 0.583. The van der Waals surface area contributed by atoms with Gasteiger partial charge in [-0.15, -0.1) is 0 Å². The SMILES string of the molecule is C/C(=N\c1c(C)cccc1C)c1cc(C)cc(/C(C)=N/C(C)(C)C)n1. The van der Waals surface area contributed by atoms with Crippen LogP contribution in [0.5, 0.6) is 0 Å². The standard InChI is InChI=1S/C22H29N3/c1-14-12-19(24-20(13-14)18(5)25-22(6,7)8)17(4)23-21-15(2)10-9-11-16(21)3/h9-13H,1-8H3/b23-17+,25-18+. The second-order valence-corrected chi connectivity index (χ2v) is 7.72. The van der Waals surface area contributed by atoms with Gasteiger partial charge in [0.25, 0.3) is 0 Å². The third kappa shape index (κ3) is 5.09. The number of benzene rings is 1. The molecule has 0 bridgehead atoms. The highest BCUT2D eigenvalue weighted by atomic mass is 14.9. The van der Waals surface area contributed by atoms with E-state index in [0.29, 0.717) is 0 Å². The van der Waals surface area contributed by atoms with E-state index in [-0.39, 0.29) is 5.54 Å². The van der Waals surface area contributed by atoms with Crippen molar-refractivity contribution in [2.45, 2.75) is 60.9 Å². The predicted octanol–water partition coefficient (Wildman–Crippen LogP) is 5.76. The van der Waals surface area contributed by atoms with Crippen LogP contribution in [0.4, 0.5) is 5.69 Å². The molecule has 0 N–H and O–H groups in total. The molecule has 132 valence electrons. The minimum absolute atomic E-state index is 0.114. The molecule has 0 atom stereocenters. The van der Waals surface area contributed by atoms with Crippen LogP contribution in [0.1, 0.15) is 62.7 Å². The quantitative estimate of drug-likeness (QED) is 0.657. The highest BCUT2D eigenvalue weighted by Gasteiger charge is 2.12.